The first-order valence-electron chi connectivity index (χ1n) is 11.7. The van der Waals surface area contributed by atoms with E-state index in [0.717, 1.165) is 56.2 Å². The van der Waals surface area contributed by atoms with Gasteiger partial charge in [-0.1, -0.05) is 49.9 Å². The Morgan fingerprint density at radius 2 is 1.94 bits per heavy atom. The van der Waals surface area contributed by atoms with E-state index in [2.05, 4.69) is 47.4 Å². The van der Waals surface area contributed by atoms with Crippen LogP contribution >= 0.6 is 11.6 Å². The minimum Gasteiger partial charge on any atom is -0.489 e. The van der Waals surface area contributed by atoms with Crippen LogP contribution in [0, 0.1) is 5.92 Å². The highest BCUT2D eigenvalue weighted by atomic mass is 35.5. The first-order valence-corrected chi connectivity index (χ1v) is 12.1. The van der Waals surface area contributed by atoms with E-state index in [1.165, 1.54) is 0 Å². The molecule has 1 aliphatic heterocycles. The number of piperidine rings is 1. The second kappa shape index (κ2) is 14.9. The molecule has 1 heterocycles. The van der Waals surface area contributed by atoms with Gasteiger partial charge in [0.2, 0.25) is 0 Å². The van der Waals surface area contributed by atoms with Crippen molar-refractivity contribution in [2.24, 2.45) is 10.9 Å². The molecule has 1 N–H and O–H groups in total. The summed E-state index contributed by atoms with van der Waals surface area (Å²) >= 11 is 6.09. The Bertz CT molecular complexity index is 888. The van der Waals surface area contributed by atoms with Crippen molar-refractivity contribution in [1.82, 2.24) is 10.2 Å². The van der Waals surface area contributed by atoms with Crippen molar-refractivity contribution >= 4 is 17.3 Å². The molecule has 1 saturated heterocycles. The van der Waals surface area contributed by atoms with Crippen LogP contribution in [0.4, 0.5) is 8.78 Å². The second-order valence-electron chi connectivity index (χ2n) is 8.35. The van der Waals surface area contributed by atoms with Gasteiger partial charge >= 0.3 is 0 Å². The number of aliphatic imine (C=N–C) groups is 1. The number of halogens is 3. The molecule has 1 fully saturated rings. The highest BCUT2D eigenvalue weighted by molar-refractivity contribution is 6.30. The number of nitrogens with zero attached hydrogens (tertiary/aromatic N) is 2. The molecule has 1 aromatic carbocycles. The van der Waals surface area contributed by atoms with Crippen LogP contribution in [0.1, 0.15) is 37.8 Å². The summed E-state index contributed by atoms with van der Waals surface area (Å²) in [7, 11) is 1.82. The molecule has 0 spiro atoms. The minimum atomic E-state index is -0.803. The summed E-state index contributed by atoms with van der Waals surface area (Å²) in [4.78, 5) is 6.80. The fourth-order valence-corrected chi connectivity index (χ4v) is 4.04. The zero-order chi connectivity index (χ0) is 24.9. The summed E-state index contributed by atoms with van der Waals surface area (Å²) in [6.07, 6.45) is 8.17. The van der Waals surface area contributed by atoms with E-state index >= 15 is 0 Å². The van der Waals surface area contributed by atoms with E-state index < -0.39 is 11.7 Å². The number of likely N-dealkylation sites (tertiary alicyclic amines) is 1. The molecule has 1 aliphatic rings. The fourth-order valence-electron chi connectivity index (χ4n) is 3.91. The molecule has 4 nitrogen and oxygen atoms in total. The summed E-state index contributed by atoms with van der Waals surface area (Å²) in [5.41, 5.74) is 2.13. The van der Waals surface area contributed by atoms with E-state index in [-0.39, 0.29) is 18.4 Å². The van der Waals surface area contributed by atoms with Crippen molar-refractivity contribution in [2.75, 3.05) is 39.8 Å². The van der Waals surface area contributed by atoms with Gasteiger partial charge in [-0.05, 0) is 68.6 Å². The van der Waals surface area contributed by atoms with Crippen molar-refractivity contribution in [1.29, 1.82) is 0 Å². The van der Waals surface area contributed by atoms with E-state index in [1.54, 1.807) is 0 Å². The Hall–Kier alpha value is -2.28. The van der Waals surface area contributed by atoms with Gasteiger partial charge in [-0.25, -0.2) is 8.78 Å². The maximum atomic E-state index is 13.4. The van der Waals surface area contributed by atoms with Gasteiger partial charge < -0.3 is 10.1 Å². The van der Waals surface area contributed by atoms with Gasteiger partial charge in [0.1, 0.15) is 12.4 Å². The molecule has 7 heteroatoms. The Balaban J connectivity index is 1.87. The van der Waals surface area contributed by atoms with Gasteiger partial charge in [-0.15, -0.1) is 0 Å². The van der Waals surface area contributed by atoms with Gasteiger partial charge in [-0.3, -0.25) is 9.89 Å². The number of hydrogen-bond donors (Lipinski definition) is 1. The fraction of sp³-hybridized carbons (Fsp3) is 0.444. The Labute approximate surface area is 207 Å². The molecule has 0 amide bonds. The highest BCUT2D eigenvalue weighted by Gasteiger charge is 2.22. The number of benzene rings is 1. The summed E-state index contributed by atoms with van der Waals surface area (Å²) in [6.45, 7) is 12.0. The predicted molar refractivity (Wildman–Crippen MR) is 139 cm³/mol. The third-order valence-electron chi connectivity index (χ3n) is 5.82. The van der Waals surface area contributed by atoms with Crippen molar-refractivity contribution in [3.05, 3.63) is 83.7 Å². The lowest BCUT2D eigenvalue weighted by atomic mass is 9.95. The molecule has 1 atom stereocenters. The number of allylic oxidation sites excluding steroid dienone is 4. The number of ether oxygens (including phenoxy) is 1. The maximum absolute atomic E-state index is 13.4. The summed E-state index contributed by atoms with van der Waals surface area (Å²) in [6, 6.07) is 7.90. The lowest BCUT2D eigenvalue weighted by Gasteiger charge is -2.33. The number of hydrogen-bond acceptors (Lipinski definition) is 4. The Morgan fingerprint density at radius 3 is 2.50 bits per heavy atom. The summed E-state index contributed by atoms with van der Waals surface area (Å²) in [5, 5.41) is 4.43. The molecule has 34 heavy (non-hydrogen) atoms. The van der Waals surface area contributed by atoms with E-state index in [1.807, 2.05) is 31.3 Å². The van der Waals surface area contributed by atoms with Gasteiger partial charge in [-0.2, -0.15) is 0 Å². The third kappa shape index (κ3) is 9.53. The second-order valence-corrected chi connectivity index (χ2v) is 8.78. The van der Waals surface area contributed by atoms with Gasteiger partial charge in [0.15, 0.2) is 11.6 Å². The molecule has 1 unspecified atom stereocenters. The molecule has 0 aliphatic carbocycles. The molecule has 2 rings (SSSR count). The van der Waals surface area contributed by atoms with Crippen LogP contribution < -0.4 is 5.32 Å². The quantitative estimate of drug-likeness (QED) is 0.192. The van der Waals surface area contributed by atoms with Crippen LogP contribution in [0.15, 0.2) is 78.1 Å². The monoisotopic (exact) mass is 491 g/mol. The van der Waals surface area contributed by atoms with Crippen LogP contribution in [0.5, 0.6) is 0 Å². The standard InChI is InChI=1S/C27H36ClF2N3O/c1-5-6-7-25(31-4)27(23-8-10-24(28)11-9-23)32-19-22-12-14-33(15-13-22)16-17-34-26(21(3)30)18-20(2)29/h6-11,18,22,27,32H,2-3,5,12-17,19H2,1,4H3/b7-6-,26-18+,31-25?. The molecule has 0 saturated carbocycles. The van der Waals surface area contributed by atoms with E-state index in [0.29, 0.717) is 17.5 Å². The van der Waals surface area contributed by atoms with Crippen LogP contribution in [-0.4, -0.2) is 50.4 Å². The molecule has 1 aromatic rings. The van der Waals surface area contributed by atoms with E-state index in [9.17, 15) is 8.78 Å². The topological polar surface area (TPSA) is 36.9 Å². The van der Waals surface area contributed by atoms with Crippen LogP contribution in [-0.2, 0) is 4.74 Å². The molecule has 0 radical (unpaired) electrons. The third-order valence-corrected chi connectivity index (χ3v) is 6.07. The average Bonchev–Trinajstić information content (AvgIpc) is 2.82. The largest absolute Gasteiger partial charge is 0.489 e. The minimum absolute atomic E-state index is 0.000704. The lowest BCUT2D eigenvalue weighted by Crippen LogP contribution is -2.40. The van der Waals surface area contributed by atoms with E-state index in [4.69, 9.17) is 16.3 Å². The van der Waals surface area contributed by atoms with Crippen molar-refractivity contribution in [3.8, 4) is 0 Å². The first kappa shape index (κ1) is 28.0. The van der Waals surface area contributed by atoms with Crippen molar-refractivity contribution in [2.45, 2.75) is 32.2 Å². The normalized spacial score (nSPS) is 17.2. The molecular weight excluding hydrogens is 456 g/mol. The zero-order valence-electron chi connectivity index (χ0n) is 20.2. The zero-order valence-corrected chi connectivity index (χ0v) is 21.0. The maximum Gasteiger partial charge on any atom is 0.158 e. The highest BCUT2D eigenvalue weighted by Crippen LogP contribution is 2.22. The van der Waals surface area contributed by atoms with Crippen LogP contribution in [0.2, 0.25) is 5.02 Å². The number of nitrogens with one attached hydrogen (secondary N) is 1. The van der Waals surface area contributed by atoms with Gasteiger partial charge in [0, 0.05) is 24.7 Å². The van der Waals surface area contributed by atoms with Crippen molar-refractivity contribution in [3.63, 3.8) is 0 Å². The lowest BCUT2D eigenvalue weighted by molar-refractivity contribution is 0.125. The average molecular weight is 492 g/mol. The number of rotatable bonds is 13. The Kier molecular flexibility index (Phi) is 12.2. The predicted octanol–water partition coefficient (Wildman–Crippen LogP) is 6.59. The van der Waals surface area contributed by atoms with Crippen LogP contribution in [0.25, 0.3) is 0 Å². The van der Waals surface area contributed by atoms with Crippen LogP contribution in [0.3, 0.4) is 0 Å². The SMILES string of the molecule is C=C(F)/C=C(/OCCN1CCC(CNC(C(/C=C\CC)=NC)c2ccc(Cl)cc2)CC1)C(=C)F. The van der Waals surface area contributed by atoms with Gasteiger partial charge in [0.25, 0.3) is 0 Å². The molecule has 0 bridgehead atoms. The first-order chi connectivity index (χ1) is 16.3. The molecular formula is C27H36ClF2N3O. The van der Waals surface area contributed by atoms with Crippen molar-refractivity contribution < 1.29 is 13.5 Å². The smallest absolute Gasteiger partial charge is 0.158 e. The summed E-state index contributed by atoms with van der Waals surface area (Å²) < 4.78 is 31.6. The molecule has 186 valence electrons. The van der Waals surface area contributed by atoms with Gasteiger partial charge in [0.05, 0.1) is 11.8 Å². The molecule has 0 aromatic heterocycles. The Morgan fingerprint density at radius 1 is 1.26 bits per heavy atom. The summed E-state index contributed by atoms with van der Waals surface area (Å²) in [5.74, 6) is -1.23.